The second-order valence-electron chi connectivity index (χ2n) is 6.21. The highest BCUT2D eigenvalue weighted by Gasteiger charge is 2.32. The van der Waals surface area contributed by atoms with Gasteiger partial charge in [0.15, 0.2) is 0 Å². The molecule has 0 spiro atoms. The van der Waals surface area contributed by atoms with Crippen molar-refractivity contribution in [2.75, 3.05) is 18.5 Å². The fourth-order valence-electron chi connectivity index (χ4n) is 3.46. The molecular weight excluding hydrogens is 239 g/mol. The van der Waals surface area contributed by atoms with Crippen molar-refractivity contribution in [1.29, 1.82) is 0 Å². The molecule has 0 radical (unpaired) electrons. The predicted molar refractivity (Wildman–Crippen MR) is 78.7 cm³/mol. The van der Waals surface area contributed by atoms with Crippen LogP contribution in [-0.4, -0.2) is 19.6 Å². The van der Waals surface area contributed by atoms with E-state index < -0.39 is 0 Å². The summed E-state index contributed by atoms with van der Waals surface area (Å²) in [5.41, 5.74) is 6.97. The van der Waals surface area contributed by atoms with Crippen LogP contribution in [0.15, 0.2) is 24.3 Å². The Labute approximate surface area is 115 Å². The molecular formula is C16H25FN2. The summed E-state index contributed by atoms with van der Waals surface area (Å²) in [5.74, 6) is 1.60. The maximum absolute atomic E-state index is 13.8. The molecule has 0 heterocycles. The van der Waals surface area contributed by atoms with E-state index in [-0.39, 0.29) is 11.9 Å². The molecule has 0 amide bonds. The summed E-state index contributed by atoms with van der Waals surface area (Å²) in [6.45, 7) is 5.37. The normalized spacial score (nSPS) is 31.2. The summed E-state index contributed by atoms with van der Waals surface area (Å²) < 4.78 is 13.8. The van der Waals surface area contributed by atoms with Crippen molar-refractivity contribution in [3.05, 3.63) is 30.1 Å². The molecule has 1 aliphatic carbocycles. The Kier molecular flexibility index (Phi) is 4.46. The van der Waals surface area contributed by atoms with Gasteiger partial charge in [-0.25, -0.2) is 4.39 Å². The van der Waals surface area contributed by atoms with Crippen LogP contribution in [0.5, 0.6) is 0 Å². The third-order valence-electron chi connectivity index (χ3n) is 4.48. The quantitative estimate of drug-likeness (QED) is 0.908. The van der Waals surface area contributed by atoms with Crippen molar-refractivity contribution in [3.63, 3.8) is 0 Å². The van der Waals surface area contributed by atoms with Crippen LogP contribution in [0.1, 0.15) is 26.7 Å². The average Bonchev–Trinajstić information content (AvgIpc) is 2.34. The highest BCUT2D eigenvalue weighted by atomic mass is 19.1. The first-order valence-corrected chi connectivity index (χ1v) is 7.20. The Morgan fingerprint density at radius 2 is 1.95 bits per heavy atom. The molecule has 1 aromatic rings. The Bertz CT molecular complexity index is 409. The van der Waals surface area contributed by atoms with E-state index in [9.17, 15) is 4.39 Å². The number of nitrogens with zero attached hydrogens (tertiary/aromatic N) is 1. The Morgan fingerprint density at radius 1 is 1.26 bits per heavy atom. The van der Waals surface area contributed by atoms with Gasteiger partial charge in [0.2, 0.25) is 0 Å². The van der Waals surface area contributed by atoms with Crippen LogP contribution in [0.3, 0.4) is 0 Å². The second-order valence-corrected chi connectivity index (χ2v) is 6.21. The van der Waals surface area contributed by atoms with Crippen LogP contribution < -0.4 is 10.6 Å². The molecule has 1 aliphatic rings. The van der Waals surface area contributed by atoms with Crippen molar-refractivity contribution in [3.8, 4) is 0 Å². The fraction of sp³-hybridized carbons (Fsp3) is 0.625. The van der Waals surface area contributed by atoms with Crippen LogP contribution >= 0.6 is 0 Å². The number of benzene rings is 1. The molecule has 0 saturated heterocycles. The Morgan fingerprint density at radius 3 is 2.58 bits per heavy atom. The summed E-state index contributed by atoms with van der Waals surface area (Å²) >= 11 is 0. The average molecular weight is 264 g/mol. The summed E-state index contributed by atoms with van der Waals surface area (Å²) in [5, 5.41) is 0. The summed E-state index contributed by atoms with van der Waals surface area (Å²) in [4.78, 5) is 2.01. The van der Waals surface area contributed by atoms with E-state index in [1.165, 1.54) is 12.5 Å². The standard InChI is InChI=1S/C16H25FN2/c1-11-8-12(2)13(15(18)9-11)10-19(3)16-7-5-4-6-14(16)17/h4-7,11-13,15H,8-10,18H2,1-3H3. The fourth-order valence-corrected chi connectivity index (χ4v) is 3.46. The van der Waals surface area contributed by atoms with Gasteiger partial charge in [0.05, 0.1) is 5.69 Å². The van der Waals surface area contributed by atoms with Crippen LogP contribution in [0.4, 0.5) is 10.1 Å². The first kappa shape index (κ1) is 14.3. The maximum Gasteiger partial charge on any atom is 0.146 e. The van der Waals surface area contributed by atoms with E-state index >= 15 is 0 Å². The molecule has 4 atom stereocenters. The van der Waals surface area contributed by atoms with Gasteiger partial charge in [0, 0.05) is 19.6 Å². The zero-order valence-electron chi connectivity index (χ0n) is 12.1. The summed E-state index contributed by atoms with van der Waals surface area (Å²) in [6, 6.07) is 7.17. The minimum Gasteiger partial charge on any atom is -0.372 e. The molecule has 1 fully saturated rings. The van der Waals surface area contributed by atoms with Crippen molar-refractivity contribution in [1.82, 2.24) is 0 Å². The van der Waals surface area contributed by atoms with Crippen LogP contribution in [0.25, 0.3) is 0 Å². The van der Waals surface area contributed by atoms with E-state index in [0.717, 1.165) is 13.0 Å². The van der Waals surface area contributed by atoms with E-state index in [0.29, 0.717) is 23.4 Å². The number of hydrogen-bond donors (Lipinski definition) is 1. The van der Waals surface area contributed by atoms with Crippen molar-refractivity contribution < 1.29 is 4.39 Å². The van der Waals surface area contributed by atoms with Crippen molar-refractivity contribution in [2.24, 2.45) is 23.5 Å². The minimum atomic E-state index is -0.157. The van der Waals surface area contributed by atoms with Crippen molar-refractivity contribution in [2.45, 2.75) is 32.7 Å². The highest BCUT2D eigenvalue weighted by Crippen LogP contribution is 2.34. The third kappa shape index (κ3) is 3.27. The molecule has 3 heteroatoms. The lowest BCUT2D eigenvalue weighted by molar-refractivity contribution is 0.178. The van der Waals surface area contributed by atoms with E-state index in [1.54, 1.807) is 6.07 Å². The third-order valence-corrected chi connectivity index (χ3v) is 4.48. The number of nitrogens with two attached hydrogens (primary N) is 1. The van der Waals surface area contributed by atoms with Gasteiger partial charge < -0.3 is 10.6 Å². The molecule has 106 valence electrons. The van der Waals surface area contributed by atoms with Gasteiger partial charge in [-0.2, -0.15) is 0 Å². The number of para-hydroxylation sites is 1. The van der Waals surface area contributed by atoms with Crippen LogP contribution in [0, 0.1) is 23.6 Å². The monoisotopic (exact) mass is 264 g/mol. The zero-order chi connectivity index (χ0) is 14.0. The lowest BCUT2D eigenvalue weighted by atomic mass is 9.72. The number of hydrogen-bond acceptors (Lipinski definition) is 2. The van der Waals surface area contributed by atoms with Gasteiger partial charge in [-0.05, 0) is 42.7 Å². The zero-order valence-corrected chi connectivity index (χ0v) is 12.1. The van der Waals surface area contributed by atoms with Crippen LogP contribution in [0.2, 0.25) is 0 Å². The summed E-state index contributed by atoms with van der Waals surface area (Å²) in [7, 11) is 1.95. The molecule has 19 heavy (non-hydrogen) atoms. The van der Waals surface area contributed by atoms with Crippen molar-refractivity contribution >= 4 is 5.69 Å². The first-order valence-electron chi connectivity index (χ1n) is 7.20. The molecule has 0 bridgehead atoms. The highest BCUT2D eigenvalue weighted by molar-refractivity contribution is 5.46. The first-order chi connectivity index (χ1) is 8.99. The van der Waals surface area contributed by atoms with Crippen LogP contribution in [-0.2, 0) is 0 Å². The second kappa shape index (κ2) is 5.91. The minimum absolute atomic E-state index is 0.157. The molecule has 2 rings (SSSR count). The molecule has 4 unspecified atom stereocenters. The lowest BCUT2D eigenvalue weighted by Gasteiger charge is -2.40. The molecule has 2 nitrogen and oxygen atoms in total. The van der Waals surface area contributed by atoms with Gasteiger partial charge in [0.25, 0.3) is 0 Å². The van der Waals surface area contributed by atoms with Gasteiger partial charge in [-0.3, -0.25) is 0 Å². The maximum atomic E-state index is 13.8. The van der Waals surface area contributed by atoms with E-state index in [2.05, 4.69) is 13.8 Å². The smallest absolute Gasteiger partial charge is 0.146 e. The van der Waals surface area contributed by atoms with Gasteiger partial charge in [0.1, 0.15) is 5.82 Å². The largest absolute Gasteiger partial charge is 0.372 e. The SMILES string of the molecule is CC1CC(C)C(CN(C)c2ccccc2F)C(N)C1. The molecule has 1 aromatic carbocycles. The molecule has 1 saturated carbocycles. The molecule has 0 aliphatic heterocycles. The Balaban J connectivity index is 2.06. The van der Waals surface area contributed by atoms with Gasteiger partial charge in [-0.15, -0.1) is 0 Å². The molecule has 0 aromatic heterocycles. The molecule has 2 N–H and O–H groups in total. The number of anilines is 1. The van der Waals surface area contributed by atoms with E-state index in [1.807, 2.05) is 24.1 Å². The van der Waals surface area contributed by atoms with E-state index in [4.69, 9.17) is 5.73 Å². The topological polar surface area (TPSA) is 29.3 Å². The van der Waals surface area contributed by atoms with Gasteiger partial charge in [-0.1, -0.05) is 26.0 Å². The predicted octanol–water partition coefficient (Wildman–Crippen LogP) is 3.27. The number of halogens is 1. The number of rotatable bonds is 3. The summed E-state index contributed by atoms with van der Waals surface area (Å²) in [6.07, 6.45) is 2.31. The van der Waals surface area contributed by atoms with Gasteiger partial charge >= 0.3 is 0 Å². The lowest BCUT2D eigenvalue weighted by Crippen LogP contribution is -2.46. The Hall–Kier alpha value is -1.09.